The van der Waals surface area contributed by atoms with Gasteiger partial charge in [0.25, 0.3) is 0 Å². The summed E-state index contributed by atoms with van der Waals surface area (Å²) < 4.78 is 1.85. The fourth-order valence-electron chi connectivity index (χ4n) is 1.58. The van der Waals surface area contributed by atoms with Crippen molar-refractivity contribution in [3.05, 3.63) is 0 Å². The van der Waals surface area contributed by atoms with Crippen molar-refractivity contribution in [3.63, 3.8) is 0 Å². The van der Waals surface area contributed by atoms with Gasteiger partial charge in [-0.05, 0) is 13.3 Å². The lowest BCUT2D eigenvalue weighted by molar-refractivity contribution is -0.133. The molecule has 1 aromatic heterocycles. The molecule has 102 valence electrons. The fourth-order valence-corrected chi connectivity index (χ4v) is 2.21. The number of hydrogen-bond donors (Lipinski definition) is 1. The van der Waals surface area contributed by atoms with Crippen molar-refractivity contribution in [1.82, 2.24) is 14.8 Å². The van der Waals surface area contributed by atoms with Gasteiger partial charge in [0.05, 0.1) is 5.75 Å². The van der Waals surface area contributed by atoms with Gasteiger partial charge in [-0.2, -0.15) is 0 Å². The first-order chi connectivity index (χ1) is 8.60. The van der Waals surface area contributed by atoms with Crippen LogP contribution in [0.3, 0.4) is 0 Å². The van der Waals surface area contributed by atoms with Crippen LogP contribution < -0.4 is 4.90 Å². The van der Waals surface area contributed by atoms with E-state index < -0.39 is 5.97 Å². The van der Waals surface area contributed by atoms with E-state index in [9.17, 15) is 4.79 Å². The number of aromatic nitrogens is 3. The maximum absolute atomic E-state index is 10.5. The molecule has 1 N–H and O–H groups in total. The van der Waals surface area contributed by atoms with E-state index in [1.807, 2.05) is 11.6 Å². The second-order valence-corrected chi connectivity index (χ2v) is 4.90. The van der Waals surface area contributed by atoms with Gasteiger partial charge in [0.15, 0.2) is 5.16 Å². The number of unbranched alkanes of at least 4 members (excludes halogenated alkanes) is 1. The number of carboxylic acids is 1. The largest absolute Gasteiger partial charge is 0.481 e. The van der Waals surface area contributed by atoms with Crippen LogP contribution in [-0.2, 0) is 11.8 Å². The Morgan fingerprint density at radius 2 is 2.17 bits per heavy atom. The highest BCUT2D eigenvalue weighted by Crippen LogP contribution is 2.20. The lowest BCUT2D eigenvalue weighted by Crippen LogP contribution is -2.26. The Bertz CT molecular complexity index is 394. The Balaban J connectivity index is 2.73. The molecule has 0 aromatic carbocycles. The standard InChI is InChI=1S/C11H20N4O2S/c1-4-6-7-15(5-2)10-12-13-11(14(10)3)18-8-9(16)17/h4-8H2,1-3H3,(H,16,17). The van der Waals surface area contributed by atoms with Crippen LogP contribution in [0.5, 0.6) is 0 Å². The van der Waals surface area contributed by atoms with Gasteiger partial charge in [0.1, 0.15) is 0 Å². The molecule has 0 fully saturated rings. The smallest absolute Gasteiger partial charge is 0.313 e. The SMILES string of the molecule is CCCCN(CC)c1nnc(SCC(=O)O)n1C. The van der Waals surface area contributed by atoms with Crippen LogP contribution in [0.2, 0.25) is 0 Å². The summed E-state index contributed by atoms with van der Waals surface area (Å²) in [6.45, 7) is 6.05. The third-order valence-corrected chi connectivity index (χ3v) is 3.59. The molecular formula is C11H20N4O2S. The number of anilines is 1. The second-order valence-electron chi connectivity index (χ2n) is 3.96. The number of nitrogens with zero attached hydrogens (tertiary/aromatic N) is 4. The molecule has 0 aliphatic rings. The van der Waals surface area contributed by atoms with Crippen molar-refractivity contribution in [1.29, 1.82) is 0 Å². The van der Waals surface area contributed by atoms with Gasteiger partial charge >= 0.3 is 5.97 Å². The lowest BCUT2D eigenvalue weighted by atomic mass is 10.3. The van der Waals surface area contributed by atoms with Gasteiger partial charge in [-0.3, -0.25) is 9.36 Å². The summed E-state index contributed by atoms with van der Waals surface area (Å²) in [4.78, 5) is 12.7. The van der Waals surface area contributed by atoms with Gasteiger partial charge in [0.2, 0.25) is 5.95 Å². The van der Waals surface area contributed by atoms with Gasteiger partial charge in [-0.25, -0.2) is 0 Å². The Morgan fingerprint density at radius 3 is 2.72 bits per heavy atom. The number of carboxylic acid groups (broad SMARTS) is 1. The summed E-state index contributed by atoms with van der Waals surface area (Å²) in [6, 6.07) is 0. The molecule has 7 heteroatoms. The summed E-state index contributed by atoms with van der Waals surface area (Å²) in [7, 11) is 1.87. The molecule has 0 aliphatic heterocycles. The molecule has 0 radical (unpaired) electrons. The predicted molar refractivity (Wildman–Crippen MR) is 72.2 cm³/mol. The Hall–Kier alpha value is -1.24. The van der Waals surface area contributed by atoms with Gasteiger partial charge < -0.3 is 10.0 Å². The van der Waals surface area contributed by atoms with E-state index in [0.29, 0.717) is 5.16 Å². The van der Waals surface area contributed by atoms with E-state index in [2.05, 4.69) is 28.9 Å². The first-order valence-electron chi connectivity index (χ1n) is 6.09. The molecule has 0 saturated carbocycles. The summed E-state index contributed by atoms with van der Waals surface area (Å²) >= 11 is 1.19. The summed E-state index contributed by atoms with van der Waals surface area (Å²) in [5.74, 6) is -0.0331. The third-order valence-electron chi connectivity index (χ3n) is 2.58. The molecule has 0 atom stereocenters. The summed E-state index contributed by atoms with van der Waals surface area (Å²) in [5.41, 5.74) is 0. The molecule has 6 nitrogen and oxygen atoms in total. The average Bonchev–Trinajstić information content (AvgIpc) is 2.70. The Kier molecular flexibility index (Phi) is 5.97. The summed E-state index contributed by atoms with van der Waals surface area (Å²) in [6.07, 6.45) is 2.24. The number of aliphatic carboxylic acids is 1. The number of hydrogen-bond acceptors (Lipinski definition) is 5. The van der Waals surface area contributed by atoms with E-state index in [1.54, 1.807) is 0 Å². The van der Waals surface area contributed by atoms with E-state index in [0.717, 1.165) is 31.9 Å². The molecule has 0 amide bonds. The van der Waals surface area contributed by atoms with E-state index in [-0.39, 0.29) is 5.75 Å². The predicted octanol–water partition coefficient (Wildman–Crippen LogP) is 1.62. The molecule has 0 saturated heterocycles. The molecule has 0 spiro atoms. The van der Waals surface area contributed by atoms with Crippen LogP contribution in [0.25, 0.3) is 0 Å². The molecule has 18 heavy (non-hydrogen) atoms. The van der Waals surface area contributed by atoms with E-state index in [1.165, 1.54) is 11.8 Å². The Morgan fingerprint density at radius 1 is 1.44 bits per heavy atom. The van der Waals surface area contributed by atoms with Crippen LogP contribution in [0.15, 0.2) is 5.16 Å². The molecule has 1 rings (SSSR count). The van der Waals surface area contributed by atoms with Crippen molar-refractivity contribution in [2.75, 3.05) is 23.7 Å². The molecule has 1 heterocycles. The first-order valence-corrected chi connectivity index (χ1v) is 7.07. The number of carbonyl (C=O) groups is 1. The number of rotatable bonds is 8. The van der Waals surface area contributed by atoms with Crippen molar-refractivity contribution < 1.29 is 9.90 Å². The normalized spacial score (nSPS) is 10.6. The quantitative estimate of drug-likeness (QED) is 0.725. The maximum Gasteiger partial charge on any atom is 0.313 e. The molecular weight excluding hydrogens is 252 g/mol. The zero-order valence-corrected chi connectivity index (χ0v) is 11.9. The number of thioether (sulfide) groups is 1. The van der Waals surface area contributed by atoms with Crippen molar-refractivity contribution in [3.8, 4) is 0 Å². The zero-order valence-electron chi connectivity index (χ0n) is 11.1. The first kappa shape index (κ1) is 14.8. The monoisotopic (exact) mass is 272 g/mol. The summed E-state index contributed by atoms with van der Waals surface area (Å²) in [5, 5.41) is 17.5. The highest BCUT2D eigenvalue weighted by Gasteiger charge is 2.15. The molecule has 0 aliphatic carbocycles. The highest BCUT2D eigenvalue weighted by atomic mass is 32.2. The zero-order chi connectivity index (χ0) is 13.5. The molecule has 1 aromatic rings. The topological polar surface area (TPSA) is 71.2 Å². The van der Waals surface area contributed by atoms with Crippen LogP contribution >= 0.6 is 11.8 Å². The average molecular weight is 272 g/mol. The third kappa shape index (κ3) is 3.90. The van der Waals surface area contributed by atoms with E-state index >= 15 is 0 Å². The lowest BCUT2D eigenvalue weighted by Gasteiger charge is -2.20. The van der Waals surface area contributed by atoms with Crippen molar-refractivity contribution >= 4 is 23.7 Å². The van der Waals surface area contributed by atoms with E-state index in [4.69, 9.17) is 5.11 Å². The molecule has 0 unspecified atom stereocenters. The van der Waals surface area contributed by atoms with Crippen LogP contribution in [0.1, 0.15) is 26.7 Å². The van der Waals surface area contributed by atoms with Gasteiger partial charge in [0, 0.05) is 20.1 Å². The van der Waals surface area contributed by atoms with Gasteiger partial charge in [-0.1, -0.05) is 25.1 Å². The minimum Gasteiger partial charge on any atom is -0.481 e. The van der Waals surface area contributed by atoms with Gasteiger partial charge in [-0.15, -0.1) is 10.2 Å². The van der Waals surface area contributed by atoms with Crippen LogP contribution in [-0.4, -0.2) is 44.7 Å². The molecule has 0 bridgehead atoms. The Labute approximate surface area is 111 Å². The fraction of sp³-hybridized carbons (Fsp3) is 0.727. The maximum atomic E-state index is 10.5. The highest BCUT2D eigenvalue weighted by molar-refractivity contribution is 7.99. The second kappa shape index (κ2) is 7.25. The van der Waals surface area contributed by atoms with Crippen molar-refractivity contribution in [2.24, 2.45) is 7.05 Å². The minimum atomic E-state index is -0.845. The van der Waals surface area contributed by atoms with Crippen LogP contribution in [0, 0.1) is 0 Å². The minimum absolute atomic E-state index is 0.00700. The van der Waals surface area contributed by atoms with Crippen molar-refractivity contribution in [2.45, 2.75) is 31.8 Å². The van der Waals surface area contributed by atoms with Crippen LogP contribution in [0.4, 0.5) is 5.95 Å².